The summed E-state index contributed by atoms with van der Waals surface area (Å²) >= 11 is 1.78. The number of carbonyl (C=O) groups excluding carboxylic acids is 2. The minimum absolute atomic E-state index is 0.0591. The summed E-state index contributed by atoms with van der Waals surface area (Å²) in [6.07, 6.45) is 1.06. The molecule has 1 unspecified atom stereocenters. The Bertz CT molecular complexity index is 1140. The predicted molar refractivity (Wildman–Crippen MR) is 132 cm³/mol. The van der Waals surface area contributed by atoms with Crippen molar-refractivity contribution in [2.24, 2.45) is 0 Å². The van der Waals surface area contributed by atoms with Gasteiger partial charge in [-0.3, -0.25) is 9.59 Å². The highest BCUT2D eigenvalue weighted by Gasteiger charge is 2.23. The number of nitrogens with zero attached hydrogens (tertiary/aromatic N) is 1. The zero-order chi connectivity index (χ0) is 23.2. The smallest absolute Gasteiger partial charge is 0.246 e. The van der Waals surface area contributed by atoms with Gasteiger partial charge in [-0.15, -0.1) is 11.8 Å². The Morgan fingerprint density at radius 3 is 2.64 bits per heavy atom. The van der Waals surface area contributed by atoms with Crippen LogP contribution in [0.4, 0.5) is 21.5 Å². The van der Waals surface area contributed by atoms with Crippen molar-refractivity contribution in [1.29, 1.82) is 0 Å². The van der Waals surface area contributed by atoms with Crippen LogP contribution in [0.2, 0.25) is 0 Å². The van der Waals surface area contributed by atoms with Crippen LogP contribution < -0.4 is 15.5 Å². The van der Waals surface area contributed by atoms with Gasteiger partial charge >= 0.3 is 0 Å². The summed E-state index contributed by atoms with van der Waals surface area (Å²) in [7, 11) is 0. The van der Waals surface area contributed by atoms with Crippen molar-refractivity contribution < 1.29 is 14.0 Å². The predicted octanol–water partition coefficient (Wildman–Crippen LogP) is 5.34. The van der Waals surface area contributed by atoms with Gasteiger partial charge in [-0.25, -0.2) is 4.39 Å². The second-order valence-corrected chi connectivity index (χ2v) is 9.47. The molecule has 2 N–H and O–H groups in total. The lowest BCUT2D eigenvalue weighted by Crippen LogP contribution is -2.36. The number of anilines is 3. The summed E-state index contributed by atoms with van der Waals surface area (Å²) in [6.45, 7) is 2.88. The van der Waals surface area contributed by atoms with Crippen LogP contribution in [0.15, 0.2) is 77.7 Å². The number of halogens is 1. The van der Waals surface area contributed by atoms with Gasteiger partial charge in [0.2, 0.25) is 11.8 Å². The van der Waals surface area contributed by atoms with E-state index in [9.17, 15) is 14.0 Å². The van der Waals surface area contributed by atoms with Crippen LogP contribution in [0.1, 0.15) is 18.9 Å². The van der Waals surface area contributed by atoms with E-state index >= 15 is 0 Å². The first-order valence-electron chi connectivity index (χ1n) is 10.9. The minimum Gasteiger partial charge on any atom is -0.376 e. The van der Waals surface area contributed by atoms with Gasteiger partial charge in [0.25, 0.3) is 0 Å². The van der Waals surface area contributed by atoms with E-state index in [2.05, 4.69) is 17.6 Å². The Kier molecular flexibility index (Phi) is 7.29. The molecule has 170 valence electrons. The summed E-state index contributed by atoms with van der Waals surface area (Å²) < 4.78 is 14.3. The van der Waals surface area contributed by atoms with E-state index in [4.69, 9.17) is 0 Å². The van der Waals surface area contributed by atoms with E-state index in [1.165, 1.54) is 12.1 Å². The zero-order valence-electron chi connectivity index (χ0n) is 18.4. The molecule has 0 bridgehead atoms. The third kappa shape index (κ3) is 5.93. The molecule has 0 aromatic heterocycles. The van der Waals surface area contributed by atoms with Gasteiger partial charge in [-0.2, -0.15) is 0 Å². The fourth-order valence-corrected chi connectivity index (χ4v) is 4.84. The molecule has 0 spiro atoms. The summed E-state index contributed by atoms with van der Waals surface area (Å²) in [5, 5.41) is 6.13. The second kappa shape index (κ2) is 10.5. The van der Waals surface area contributed by atoms with Crippen molar-refractivity contribution >= 4 is 40.6 Å². The molecule has 1 aliphatic heterocycles. The number of hydrogen-bond acceptors (Lipinski definition) is 4. The molecule has 1 aliphatic rings. The van der Waals surface area contributed by atoms with E-state index in [0.717, 1.165) is 22.6 Å². The molecule has 0 aliphatic carbocycles. The average Bonchev–Trinajstić information content (AvgIpc) is 2.98. The molecule has 1 atom stereocenters. The molecule has 0 saturated heterocycles. The molecule has 4 rings (SSSR count). The van der Waals surface area contributed by atoms with Crippen LogP contribution in [0.5, 0.6) is 0 Å². The number of rotatable bonds is 6. The first-order chi connectivity index (χ1) is 16.0. The topological polar surface area (TPSA) is 61.4 Å². The SMILES string of the molecule is CC1CCN(C(=O)CNc2ccc(F)c(NC(=O)Cc3ccccc3)c2)c2ccccc2S1. The van der Waals surface area contributed by atoms with E-state index in [1.54, 1.807) is 17.8 Å². The molecular weight excluding hydrogens is 437 g/mol. The monoisotopic (exact) mass is 463 g/mol. The number of benzene rings is 3. The quantitative estimate of drug-likeness (QED) is 0.518. The van der Waals surface area contributed by atoms with Crippen molar-refractivity contribution in [2.75, 3.05) is 28.6 Å². The number of hydrogen-bond donors (Lipinski definition) is 2. The highest BCUT2D eigenvalue weighted by Crippen LogP contribution is 2.37. The maximum Gasteiger partial charge on any atom is 0.246 e. The Morgan fingerprint density at radius 1 is 1.06 bits per heavy atom. The van der Waals surface area contributed by atoms with Gasteiger partial charge in [-0.1, -0.05) is 49.4 Å². The van der Waals surface area contributed by atoms with Gasteiger partial charge in [0.05, 0.1) is 24.3 Å². The van der Waals surface area contributed by atoms with Crippen LogP contribution in [-0.4, -0.2) is 30.2 Å². The van der Waals surface area contributed by atoms with Gasteiger partial charge in [0, 0.05) is 22.4 Å². The highest BCUT2D eigenvalue weighted by atomic mass is 32.2. The molecule has 5 nitrogen and oxygen atoms in total. The summed E-state index contributed by atoms with van der Waals surface area (Å²) in [5.74, 6) is -0.891. The average molecular weight is 464 g/mol. The number of nitrogens with one attached hydrogen (secondary N) is 2. The highest BCUT2D eigenvalue weighted by molar-refractivity contribution is 8.00. The number of amides is 2. The summed E-state index contributed by atoms with van der Waals surface area (Å²) in [6, 6.07) is 21.6. The van der Waals surface area contributed by atoms with Crippen LogP contribution >= 0.6 is 11.8 Å². The van der Waals surface area contributed by atoms with Crippen molar-refractivity contribution in [3.63, 3.8) is 0 Å². The lowest BCUT2D eigenvalue weighted by Gasteiger charge is -2.23. The van der Waals surface area contributed by atoms with Crippen LogP contribution in [-0.2, 0) is 16.0 Å². The third-order valence-electron chi connectivity index (χ3n) is 5.44. The van der Waals surface area contributed by atoms with E-state index in [0.29, 0.717) is 17.5 Å². The molecule has 0 fully saturated rings. The zero-order valence-corrected chi connectivity index (χ0v) is 19.2. The fourth-order valence-electron chi connectivity index (χ4n) is 3.73. The maximum absolute atomic E-state index is 14.3. The molecule has 3 aromatic rings. The molecule has 0 saturated carbocycles. The lowest BCUT2D eigenvalue weighted by molar-refractivity contribution is -0.117. The number of carbonyl (C=O) groups is 2. The normalized spacial score (nSPS) is 15.3. The lowest BCUT2D eigenvalue weighted by atomic mass is 10.1. The number of para-hydroxylation sites is 1. The van der Waals surface area contributed by atoms with Gasteiger partial charge in [0.1, 0.15) is 5.82 Å². The molecule has 1 heterocycles. The van der Waals surface area contributed by atoms with Gasteiger partial charge in [0.15, 0.2) is 0 Å². The van der Waals surface area contributed by atoms with E-state index < -0.39 is 5.82 Å². The van der Waals surface area contributed by atoms with Crippen LogP contribution in [0.25, 0.3) is 0 Å². The van der Waals surface area contributed by atoms with Crippen LogP contribution in [0.3, 0.4) is 0 Å². The molecule has 3 aromatic carbocycles. The molecule has 2 amide bonds. The number of fused-ring (bicyclic) bond motifs is 1. The molecule has 33 heavy (non-hydrogen) atoms. The molecule has 0 radical (unpaired) electrons. The molecular formula is C26H26FN3O2S. The van der Waals surface area contributed by atoms with Crippen molar-refractivity contribution in [3.05, 3.63) is 84.2 Å². The first kappa shape index (κ1) is 22.9. The van der Waals surface area contributed by atoms with Crippen molar-refractivity contribution in [3.8, 4) is 0 Å². The summed E-state index contributed by atoms with van der Waals surface area (Å²) in [5.41, 5.74) is 2.41. The first-order valence-corrected chi connectivity index (χ1v) is 11.8. The standard InChI is InChI=1S/C26H26FN3O2S/c1-18-13-14-30(23-9-5-6-10-24(23)33-18)26(32)17-28-20-11-12-21(27)22(16-20)29-25(31)15-19-7-3-2-4-8-19/h2-12,16,18,28H,13-15,17H2,1H3,(H,29,31). The van der Waals surface area contributed by atoms with E-state index in [1.807, 2.05) is 59.5 Å². The molecule has 7 heteroatoms. The largest absolute Gasteiger partial charge is 0.376 e. The number of thioether (sulfide) groups is 1. The Morgan fingerprint density at radius 2 is 1.82 bits per heavy atom. The third-order valence-corrected chi connectivity index (χ3v) is 6.67. The Hall–Kier alpha value is -3.32. The Labute approximate surface area is 197 Å². The summed E-state index contributed by atoms with van der Waals surface area (Å²) in [4.78, 5) is 28.3. The second-order valence-electron chi connectivity index (χ2n) is 7.99. The van der Waals surface area contributed by atoms with Gasteiger partial charge in [-0.05, 0) is 42.3 Å². The van der Waals surface area contributed by atoms with E-state index in [-0.39, 0.29) is 30.5 Å². The fraction of sp³-hybridized carbons (Fsp3) is 0.231. The van der Waals surface area contributed by atoms with Crippen LogP contribution in [0, 0.1) is 5.82 Å². The van der Waals surface area contributed by atoms with Crippen molar-refractivity contribution in [1.82, 2.24) is 0 Å². The Balaban J connectivity index is 1.40. The van der Waals surface area contributed by atoms with Gasteiger partial charge < -0.3 is 15.5 Å². The van der Waals surface area contributed by atoms with Crippen molar-refractivity contribution in [2.45, 2.75) is 29.9 Å². The minimum atomic E-state index is -0.527. The maximum atomic E-state index is 14.3.